The van der Waals surface area contributed by atoms with Gasteiger partial charge in [-0.05, 0) is 53.1 Å². The number of aromatic hydroxyl groups is 2. The highest BCUT2D eigenvalue weighted by molar-refractivity contribution is 7.32. The molecule has 25 heavy (non-hydrogen) atoms. The van der Waals surface area contributed by atoms with E-state index in [0.717, 1.165) is 16.7 Å². The lowest BCUT2D eigenvalue weighted by Crippen LogP contribution is -2.03. The van der Waals surface area contributed by atoms with Gasteiger partial charge < -0.3 is 10.2 Å². The predicted octanol–water partition coefficient (Wildman–Crippen LogP) is 4.31. The monoisotopic (exact) mass is 355 g/mol. The SMILES string of the molecule is O=[P+](O)Oc1ccc(C(c2ccc(O)cc2)c2ccc(O)cc2)cc1. The van der Waals surface area contributed by atoms with Crippen LogP contribution in [0.4, 0.5) is 0 Å². The molecule has 1 unspecified atom stereocenters. The molecule has 3 aromatic rings. The summed E-state index contributed by atoms with van der Waals surface area (Å²) >= 11 is 0. The molecule has 126 valence electrons. The van der Waals surface area contributed by atoms with Crippen LogP contribution in [0.25, 0.3) is 0 Å². The van der Waals surface area contributed by atoms with Crippen LogP contribution in [0, 0.1) is 0 Å². The van der Waals surface area contributed by atoms with E-state index in [9.17, 15) is 14.8 Å². The van der Waals surface area contributed by atoms with Gasteiger partial charge in [0.15, 0.2) is 5.75 Å². The molecule has 0 aliphatic carbocycles. The lowest BCUT2D eigenvalue weighted by molar-refractivity contribution is 0.410. The Balaban J connectivity index is 2.02. The van der Waals surface area contributed by atoms with Gasteiger partial charge in [0.05, 0.1) is 0 Å². The summed E-state index contributed by atoms with van der Waals surface area (Å²) in [5, 5.41) is 19.1. The minimum absolute atomic E-state index is 0.127. The van der Waals surface area contributed by atoms with Crippen LogP contribution in [-0.4, -0.2) is 15.1 Å². The fourth-order valence-electron chi connectivity index (χ4n) is 2.72. The zero-order valence-electron chi connectivity index (χ0n) is 13.1. The van der Waals surface area contributed by atoms with Gasteiger partial charge in [-0.2, -0.15) is 0 Å². The van der Waals surface area contributed by atoms with Gasteiger partial charge in [0.25, 0.3) is 0 Å². The van der Waals surface area contributed by atoms with Crippen LogP contribution in [-0.2, 0) is 4.57 Å². The lowest BCUT2D eigenvalue weighted by atomic mass is 9.85. The van der Waals surface area contributed by atoms with E-state index in [0.29, 0.717) is 5.75 Å². The quantitative estimate of drug-likeness (QED) is 0.469. The van der Waals surface area contributed by atoms with Gasteiger partial charge in [-0.25, -0.2) is 4.52 Å². The van der Waals surface area contributed by atoms with Gasteiger partial charge in [0.2, 0.25) is 0 Å². The number of phenolic OH excluding ortho intramolecular Hbond substituents is 2. The van der Waals surface area contributed by atoms with Gasteiger partial charge in [-0.1, -0.05) is 36.4 Å². The first-order chi connectivity index (χ1) is 12.0. The Morgan fingerprint density at radius 1 is 0.680 bits per heavy atom. The lowest BCUT2D eigenvalue weighted by Gasteiger charge is -2.19. The number of phenols is 2. The summed E-state index contributed by atoms with van der Waals surface area (Å²) in [7, 11) is -2.70. The molecule has 0 aromatic heterocycles. The summed E-state index contributed by atoms with van der Waals surface area (Å²) < 4.78 is 15.6. The maximum absolute atomic E-state index is 10.8. The molecule has 0 saturated heterocycles. The summed E-state index contributed by atoms with van der Waals surface area (Å²) in [5.74, 6) is 0.549. The molecule has 3 rings (SSSR count). The second-order valence-electron chi connectivity index (χ2n) is 5.51. The van der Waals surface area contributed by atoms with Gasteiger partial charge in [-0.15, -0.1) is 4.89 Å². The van der Waals surface area contributed by atoms with E-state index in [2.05, 4.69) is 0 Å². The normalized spacial score (nSPS) is 11.4. The van der Waals surface area contributed by atoms with E-state index in [4.69, 9.17) is 9.42 Å². The maximum atomic E-state index is 10.8. The van der Waals surface area contributed by atoms with Crippen LogP contribution in [0.5, 0.6) is 17.2 Å². The van der Waals surface area contributed by atoms with Gasteiger partial charge in [-0.3, -0.25) is 0 Å². The van der Waals surface area contributed by atoms with Gasteiger partial charge in [0.1, 0.15) is 11.5 Å². The molecule has 3 aromatic carbocycles. The van der Waals surface area contributed by atoms with E-state index in [-0.39, 0.29) is 17.4 Å². The van der Waals surface area contributed by atoms with Crippen LogP contribution in [0.1, 0.15) is 22.6 Å². The Morgan fingerprint density at radius 2 is 1.04 bits per heavy atom. The summed E-state index contributed by atoms with van der Waals surface area (Å²) in [6, 6.07) is 20.7. The molecule has 0 aliphatic rings. The van der Waals surface area contributed by atoms with E-state index in [1.165, 1.54) is 0 Å². The van der Waals surface area contributed by atoms with E-state index >= 15 is 0 Å². The van der Waals surface area contributed by atoms with Crippen molar-refractivity contribution in [1.82, 2.24) is 0 Å². The fraction of sp³-hybridized carbons (Fsp3) is 0.0526. The Kier molecular flexibility index (Phi) is 4.98. The summed E-state index contributed by atoms with van der Waals surface area (Å²) in [6.07, 6.45) is 0. The van der Waals surface area contributed by atoms with Crippen molar-refractivity contribution < 1.29 is 24.2 Å². The first-order valence-corrected chi connectivity index (χ1v) is 8.68. The molecule has 0 aliphatic heterocycles. The number of hydrogen-bond acceptors (Lipinski definition) is 4. The Hall–Kier alpha value is -2.88. The molecule has 0 saturated carbocycles. The minimum Gasteiger partial charge on any atom is -0.508 e. The van der Waals surface area contributed by atoms with E-state index in [1.54, 1.807) is 36.4 Å². The fourth-order valence-corrected chi connectivity index (χ4v) is 3.02. The van der Waals surface area contributed by atoms with Crippen molar-refractivity contribution in [2.45, 2.75) is 5.92 Å². The van der Waals surface area contributed by atoms with Crippen LogP contribution < -0.4 is 4.52 Å². The first-order valence-electron chi connectivity index (χ1n) is 7.55. The number of benzene rings is 3. The molecule has 0 fully saturated rings. The second kappa shape index (κ2) is 7.34. The topological polar surface area (TPSA) is 87.0 Å². The molecule has 0 spiro atoms. The van der Waals surface area contributed by atoms with Crippen molar-refractivity contribution in [3.05, 3.63) is 89.5 Å². The van der Waals surface area contributed by atoms with Crippen LogP contribution >= 0.6 is 8.25 Å². The van der Waals surface area contributed by atoms with E-state index in [1.807, 2.05) is 36.4 Å². The Bertz CT molecular complexity index is 812. The minimum atomic E-state index is -2.70. The van der Waals surface area contributed by atoms with Crippen LogP contribution in [0.3, 0.4) is 0 Å². The van der Waals surface area contributed by atoms with Gasteiger partial charge in [0, 0.05) is 10.5 Å². The zero-order chi connectivity index (χ0) is 17.8. The van der Waals surface area contributed by atoms with Crippen molar-refractivity contribution in [3.63, 3.8) is 0 Å². The summed E-state index contributed by atoms with van der Waals surface area (Å²) in [6.45, 7) is 0. The second-order valence-corrected chi connectivity index (χ2v) is 6.17. The highest BCUT2D eigenvalue weighted by Gasteiger charge is 2.19. The molecular weight excluding hydrogens is 339 g/mol. The number of hydrogen-bond donors (Lipinski definition) is 3. The summed E-state index contributed by atoms with van der Waals surface area (Å²) in [5.41, 5.74) is 2.87. The molecule has 0 radical (unpaired) electrons. The third kappa shape index (κ3) is 4.15. The molecule has 3 N–H and O–H groups in total. The van der Waals surface area contributed by atoms with Crippen molar-refractivity contribution in [2.75, 3.05) is 0 Å². The Labute approximate surface area is 145 Å². The third-order valence-electron chi connectivity index (χ3n) is 3.85. The maximum Gasteiger partial charge on any atom is 0.747 e. The Morgan fingerprint density at radius 3 is 1.40 bits per heavy atom. The summed E-state index contributed by atoms with van der Waals surface area (Å²) in [4.78, 5) is 8.83. The highest BCUT2D eigenvalue weighted by Crippen LogP contribution is 2.35. The molecule has 0 heterocycles. The smallest absolute Gasteiger partial charge is 0.508 e. The van der Waals surface area contributed by atoms with E-state index < -0.39 is 8.25 Å². The van der Waals surface area contributed by atoms with Crippen LogP contribution in [0.2, 0.25) is 0 Å². The van der Waals surface area contributed by atoms with Crippen molar-refractivity contribution >= 4 is 8.25 Å². The standard InChI is InChI=1S/C19H15O5P/c20-16-7-1-13(2-8-16)19(14-3-9-17(21)10-4-14)15-5-11-18(12-6-15)24-25(22)23/h1-12,19H,(H2-,20,21,22,23)/p+1. The van der Waals surface area contributed by atoms with Gasteiger partial charge >= 0.3 is 8.25 Å². The highest BCUT2D eigenvalue weighted by atomic mass is 31.1. The predicted molar refractivity (Wildman–Crippen MR) is 94.1 cm³/mol. The van der Waals surface area contributed by atoms with Crippen molar-refractivity contribution in [1.29, 1.82) is 0 Å². The third-order valence-corrected chi connectivity index (χ3v) is 4.22. The first kappa shape index (κ1) is 17.0. The molecule has 6 heteroatoms. The molecule has 0 amide bonds. The average Bonchev–Trinajstić information content (AvgIpc) is 2.59. The number of rotatable bonds is 5. The van der Waals surface area contributed by atoms with Crippen molar-refractivity contribution in [3.8, 4) is 17.2 Å². The largest absolute Gasteiger partial charge is 0.747 e. The molecule has 0 bridgehead atoms. The van der Waals surface area contributed by atoms with Crippen molar-refractivity contribution in [2.24, 2.45) is 0 Å². The molecule has 1 atom stereocenters. The molecule has 5 nitrogen and oxygen atoms in total. The average molecular weight is 355 g/mol. The zero-order valence-corrected chi connectivity index (χ0v) is 14.0. The molecular formula is C19H16O5P+. The van der Waals surface area contributed by atoms with Crippen LogP contribution in [0.15, 0.2) is 72.8 Å².